The second-order valence-corrected chi connectivity index (χ2v) is 8.06. The normalized spacial score (nSPS) is 11.7. The fourth-order valence-electron chi connectivity index (χ4n) is 1.25. The van der Waals surface area contributed by atoms with Crippen LogP contribution in [0.4, 0.5) is 5.69 Å². The zero-order valence-corrected chi connectivity index (χ0v) is 13.2. The molecule has 0 atom stereocenters. The molecule has 5 nitrogen and oxygen atoms in total. The fraction of sp³-hybridized carbons (Fsp3) is 0.222. The number of hydrogen-bond donors (Lipinski definition) is 1. The van der Waals surface area contributed by atoms with Gasteiger partial charge in [0.2, 0.25) is 0 Å². The van der Waals surface area contributed by atoms with Crippen LogP contribution in [0.5, 0.6) is 0 Å². The second kappa shape index (κ2) is 5.20. The molecule has 2 rings (SSSR count). The van der Waals surface area contributed by atoms with E-state index >= 15 is 0 Å². The number of nitrogens with zero attached hydrogens (tertiary/aromatic N) is 2. The van der Waals surface area contributed by atoms with Crippen LogP contribution in [0.1, 0.15) is 6.92 Å². The summed E-state index contributed by atoms with van der Waals surface area (Å²) in [6.07, 6.45) is 3.09. The Morgan fingerprint density at radius 3 is 2.83 bits per heavy atom. The van der Waals surface area contributed by atoms with E-state index in [1.54, 1.807) is 10.9 Å². The molecular formula is C9H9BrClN3O2S2. The molecule has 9 heteroatoms. The van der Waals surface area contributed by atoms with E-state index in [1.165, 1.54) is 12.3 Å². The molecule has 1 N–H and O–H groups in total. The summed E-state index contributed by atoms with van der Waals surface area (Å²) < 4.78 is 28.9. The minimum atomic E-state index is -3.61. The van der Waals surface area contributed by atoms with Crippen molar-refractivity contribution in [3.63, 3.8) is 0 Å². The Morgan fingerprint density at radius 2 is 2.33 bits per heavy atom. The summed E-state index contributed by atoms with van der Waals surface area (Å²) in [5.74, 6) is 0. The van der Waals surface area contributed by atoms with Gasteiger partial charge in [0.05, 0.1) is 20.7 Å². The third-order valence-corrected chi connectivity index (χ3v) is 6.43. The molecule has 2 aromatic rings. The first-order chi connectivity index (χ1) is 8.42. The topological polar surface area (TPSA) is 64.0 Å². The Kier molecular flexibility index (Phi) is 4.00. The summed E-state index contributed by atoms with van der Waals surface area (Å²) in [6.45, 7) is 2.60. The Hall–Kier alpha value is -0.570. The standard InChI is InChI=1S/C9H9BrClN3O2S2/c1-2-14-5-6(4-12-14)13-18(15,16)8-3-7(11)9(10)17-8/h3-5,13H,2H2,1H3. The summed E-state index contributed by atoms with van der Waals surface area (Å²) in [6, 6.07) is 1.41. The lowest BCUT2D eigenvalue weighted by atomic mass is 10.6. The van der Waals surface area contributed by atoms with Crippen molar-refractivity contribution in [1.82, 2.24) is 9.78 Å². The van der Waals surface area contributed by atoms with E-state index in [4.69, 9.17) is 11.6 Å². The molecule has 0 saturated heterocycles. The zero-order chi connectivity index (χ0) is 13.3. The van der Waals surface area contributed by atoms with Crippen LogP contribution in [-0.2, 0) is 16.6 Å². The van der Waals surface area contributed by atoms with Crippen LogP contribution < -0.4 is 4.72 Å². The van der Waals surface area contributed by atoms with Crippen molar-refractivity contribution in [2.75, 3.05) is 4.72 Å². The van der Waals surface area contributed by atoms with Gasteiger partial charge >= 0.3 is 0 Å². The number of anilines is 1. The average Bonchev–Trinajstić information content (AvgIpc) is 2.87. The van der Waals surface area contributed by atoms with E-state index in [2.05, 4.69) is 25.8 Å². The van der Waals surface area contributed by atoms with Gasteiger partial charge in [-0.15, -0.1) is 11.3 Å². The Morgan fingerprint density at radius 1 is 1.61 bits per heavy atom. The van der Waals surface area contributed by atoms with Crippen molar-refractivity contribution in [3.05, 3.63) is 27.3 Å². The van der Waals surface area contributed by atoms with E-state index in [-0.39, 0.29) is 4.21 Å². The van der Waals surface area contributed by atoms with Gasteiger partial charge in [0.15, 0.2) is 0 Å². The van der Waals surface area contributed by atoms with Crippen LogP contribution in [0.2, 0.25) is 5.02 Å². The first kappa shape index (κ1) is 13.9. The smallest absolute Gasteiger partial charge is 0.271 e. The Labute approximate surface area is 122 Å². The number of halogens is 2. The average molecular weight is 371 g/mol. The summed E-state index contributed by atoms with van der Waals surface area (Å²) in [7, 11) is -3.61. The first-order valence-corrected chi connectivity index (χ1v) is 8.39. The van der Waals surface area contributed by atoms with Gasteiger partial charge in [0, 0.05) is 12.7 Å². The number of rotatable bonds is 4. The van der Waals surface area contributed by atoms with Crippen LogP contribution in [0, 0.1) is 0 Å². The van der Waals surface area contributed by atoms with E-state index in [0.29, 0.717) is 21.0 Å². The van der Waals surface area contributed by atoms with Crippen molar-refractivity contribution in [3.8, 4) is 0 Å². The first-order valence-electron chi connectivity index (χ1n) is 4.92. The summed E-state index contributed by atoms with van der Waals surface area (Å²) >= 11 is 10.1. The molecule has 0 spiro atoms. The van der Waals surface area contributed by atoms with Gasteiger partial charge in [-0.1, -0.05) is 11.6 Å². The highest BCUT2D eigenvalue weighted by atomic mass is 79.9. The van der Waals surface area contributed by atoms with Gasteiger partial charge in [-0.3, -0.25) is 9.40 Å². The minimum absolute atomic E-state index is 0.156. The zero-order valence-electron chi connectivity index (χ0n) is 9.22. The maximum atomic E-state index is 12.0. The highest BCUT2D eigenvalue weighted by molar-refractivity contribution is 9.11. The van der Waals surface area contributed by atoms with Gasteiger partial charge in [-0.25, -0.2) is 8.42 Å². The molecular weight excluding hydrogens is 362 g/mol. The molecule has 98 valence electrons. The summed E-state index contributed by atoms with van der Waals surface area (Å²) in [5.41, 5.74) is 0.428. The fourth-order valence-corrected chi connectivity index (χ4v) is 4.68. The number of hydrogen-bond acceptors (Lipinski definition) is 4. The highest BCUT2D eigenvalue weighted by Gasteiger charge is 2.19. The van der Waals surface area contributed by atoms with Crippen LogP contribution in [-0.4, -0.2) is 18.2 Å². The van der Waals surface area contributed by atoms with Crippen molar-refractivity contribution < 1.29 is 8.42 Å². The molecule has 2 heterocycles. The van der Waals surface area contributed by atoms with Crippen LogP contribution in [0.3, 0.4) is 0 Å². The third-order valence-electron chi connectivity index (χ3n) is 2.10. The molecule has 0 aliphatic carbocycles. The second-order valence-electron chi connectivity index (χ2n) is 3.38. The molecule has 0 aliphatic heterocycles. The van der Waals surface area contributed by atoms with Crippen LogP contribution in [0.25, 0.3) is 0 Å². The summed E-state index contributed by atoms with van der Waals surface area (Å²) in [5, 5.41) is 4.37. The lowest BCUT2D eigenvalue weighted by Gasteiger charge is -2.02. The van der Waals surface area contributed by atoms with Gasteiger partial charge < -0.3 is 0 Å². The van der Waals surface area contributed by atoms with E-state index < -0.39 is 10.0 Å². The molecule has 0 amide bonds. The lowest BCUT2D eigenvalue weighted by molar-refractivity contribution is 0.603. The van der Waals surface area contributed by atoms with Crippen molar-refractivity contribution in [2.45, 2.75) is 17.7 Å². The van der Waals surface area contributed by atoms with Crippen LogP contribution >= 0.6 is 38.9 Å². The maximum absolute atomic E-state index is 12.0. The molecule has 0 bridgehead atoms. The van der Waals surface area contributed by atoms with Crippen molar-refractivity contribution >= 4 is 54.6 Å². The molecule has 0 radical (unpaired) electrons. The predicted molar refractivity (Wildman–Crippen MR) is 75.7 cm³/mol. The molecule has 18 heavy (non-hydrogen) atoms. The largest absolute Gasteiger partial charge is 0.276 e. The Bertz CT molecular complexity index is 646. The SMILES string of the molecule is CCn1cc(NS(=O)(=O)c2cc(Cl)c(Br)s2)cn1. The summed E-state index contributed by atoms with van der Waals surface area (Å²) in [4.78, 5) is 0. The van der Waals surface area contributed by atoms with Gasteiger partial charge in [-0.05, 0) is 28.9 Å². The molecule has 0 aromatic carbocycles. The Balaban J connectivity index is 2.26. The monoisotopic (exact) mass is 369 g/mol. The van der Waals surface area contributed by atoms with E-state index in [9.17, 15) is 8.42 Å². The number of aromatic nitrogens is 2. The molecule has 0 aliphatic rings. The quantitative estimate of drug-likeness (QED) is 0.899. The van der Waals surface area contributed by atoms with Gasteiger partial charge in [0.1, 0.15) is 4.21 Å². The number of nitrogens with one attached hydrogen (secondary N) is 1. The maximum Gasteiger partial charge on any atom is 0.271 e. The van der Waals surface area contributed by atoms with E-state index in [1.807, 2.05) is 6.92 Å². The number of aryl methyl sites for hydroxylation is 1. The molecule has 0 fully saturated rings. The number of sulfonamides is 1. The molecule has 2 aromatic heterocycles. The van der Waals surface area contributed by atoms with Crippen molar-refractivity contribution in [1.29, 1.82) is 0 Å². The molecule has 0 unspecified atom stereocenters. The third kappa shape index (κ3) is 2.87. The van der Waals surface area contributed by atoms with Crippen LogP contribution in [0.15, 0.2) is 26.5 Å². The van der Waals surface area contributed by atoms with E-state index in [0.717, 1.165) is 11.3 Å². The van der Waals surface area contributed by atoms with Gasteiger partial charge in [0.25, 0.3) is 10.0 Å². The van der Waals surface area contributed by atoms with Crippen molar-refractivity contribution in [2.24, 2.45) is 0 Å². The molecule has 0 saturated carbocycles. The van der Waals surface area contributed by atoms with Gasteiger partial charge in [-0.2, -0.15) is 5.10 Å². The highest BCUT2D eigenvalue weighted by Crippen LogP contribution is 2.35. The lowest BCUT2D eigenvalue weighted by Crippen LogP contribution is -2.10. The minimum Gasteiger partial charge on any atom is -0.276 e. The predicted octanol–water partition coefficient (Wildman–Crippen LogP) is 3.18. The number of thiophene rings is 1.